The molecule has 1 N–H and O–H groups in total. The van der Waals surface area contributed by atoms with Crippen molar-refractivity contribution in [3.63, 3.8) is 0 Å². The van der Waals surface area contributed by atoms with Crippen LogP contribution >= 0.6 is 0 Å². The Morgan fingerprint density at radius 2 is 1.81 bits per heavy atom. The molecule has 1 aliphatic rings. The van der Waals surface area contributed by atoms with Crippen molar-refractivity contribution in [3.8, 4) is 11.5 Å². The monoisotopic (exact) mass is 438 g/mol. The molecule has 2 aromatic carbocycles. The zero-order valence-electron chi connectivity index (χ0n) is 19.7. The van der Waals surface area contributed by atoms with Gasteiger partial charge in [0.05, 0.1) is 26.2 Å². The smallest absolute Gasteiger partial charge is 0.227 e. The van der Waals surface area contributed by atoms with Crippen LogP contribution in [0.4, 0.5) is 5.69 Å². The molecule has 32 heavy (non-hydrogen) atoms. The van der Waals surface area contributed by atoms with Crippen LogP contribution < -0.4 is 19.7 Å². The standard InChI is InChI=1S/C26H34N2O4/c1-6-7-18(3)27-26(30)21-13-15-24(29)28(20-11-8-17(2)9-12-20)25(21)19-10-14-22(31-4)23(16-19)32-5/h8-12,14,16,18,21,25H,6-7,13,15H2,1-5H3,(H,27,30)/t18-,21-,25+/m0/s1. The minimum atomic E-state index is -0.437. The van der Waals surface area contributed by atoms with E-state index in [-0.39, 0.29) is 23.8 Å². The second-order valence-electron chi connectivity index (χ2n) is 8.50. The highest BCUT2D eigenvalue weighted by atomic mass is 16.5. The highest BCUT2D eigenvalue weighted by Crippen LogP contribution is 2.42. The highest BCUT2D eigenvalue weighted by molar-refractivity contribution is 5.97. The minimum Gasteiger partial charge on any atom is -0.493 e. The summed E-state index contributed by atoms with van der Waals surface area (Å²) in [5.74, 6) is 0.810. The van der Waals surface area contributed by atoms with Gasteiger partial charge >= 0.3 is 0 Å². The molecule has 0 aliphatic carbocycles. The fourth-order valence-corrected chi connectivity index (χ4v) is 4.45. The van der Waals surface area contributed by atoms with Gasteiger partial charge in [0, 0.05) is 18.2 Å². The molecule has 172 valence electrons. The van der Waals surface area contributed by atoms with Crippen molar-refractivity contribution in [2.24, 2.45) is 5.92 Å². The Labute approximate surface area is 190 Å². The fraction of sp³-hybridized carbons (Fsp3) is 0.462. The van der Waals surface area contributed by atoms with Gasteiger partial charge in [0.15, 0.2) is 11.5 Å². The number of carbonyl (C=O) groups is 2. The maximum atomic E-state index is 13.4. The largest absolute Gasteiger partial charge is 0.493 e. The third-order valence-corrected chi connectivity index (χ3v) is 6.11. The molecule has 1 heterocycles. The number of anilines is 1. The minimum absolute atomic E-state index is 0.0132. The predicted octanol–water partition coefficient (Wildman–Crippen LogP) is 4.80. The normalized spacial score (nSPS) is 19.4. The predicted molar refractivity (Wildman–Crippen MR) is 126 cm³/mol. The highest BCUT2D eigenvalue weighted by Gasteiger charge is 2.42. The zero-order valence-corrected chi connectivity index (χ0v) is 19.7. The van der Waals surface area contributed by atoms with Gasteiger partial charge in [-0.3, -0.25) is 9.59 Å². The number of methoxy groups -OCH3 is 2. The first-order valence-corrected chi connectivity index (χ1v) is 11.3. The number of ether oxygens (including phenoxy) is 2. The van der Waals surface area contributed by atoms with Gasteiger partial charge in [-0.1, -0.05) is 37.1 Å². The van der Waals surface area contributed by atoms with E-state index in [1.165, 1.54) is 0 Å². The number of benzene rings is 2. The second kappa shape index (κ2) is 10.5. The summed E-state index contributed by atoms with van der Waals surface area (Å²) in [5.41, 5.74) is 2.75. The van der Waals surface area contributed by atoms with Crippen molar-refractivity contribution in [2.45, 2.75) is 58.5 Å². The molecule has 0 saturated carbocycles. The summed E-state index contributed by atoms with van der Waals surface area (Å²) in [4.78, 5) is 28.3. The van der Waals surface area contributed by atoms with E-state index in [1.807, 2.05) is 56.3 Å². The maximum Gasteiger partial charge on any atom is 0.227 e. The van der Waals surface area contributed by atoms with Crippen LogP contribution in [0.15, 0.2) is 42.5 Å². The van der Waals surface area contributed by atoms with E-state index in [0.29, 0.717) is 24.3 Å². The van der Waals surface area contributed by atoms with Gasteiger partial charge in [-0.25, -0.2) is 0 Å². The average molecular weight is 439 g/mol. The lowest BCUT2D eigenvalue weighted by atomic mass is 9.82. The number of hydrogen-bond acceptors (Lipinski definition) is 4. The molecule has 1 fully saturated rings. The molecule has 1 saturated heterocycles. The molecule has 1 aliphatic heterocycles. The number of amides is 2. The van der Waals surface area contributed by atoms with E-state index >= 15 is 0 Å². The summed E-state index contributed by atoms with van der Waals surface area (Å²) >= 11 is 0. The zero-order chi connectivity index (χ0) is 23.3. The average Bonchev–Trinajstić information content (AvgIpc) is 2.79. The fourth-order valence-electron chi connectivity index (χ4n) is 4.45. The Kier molecular flexibility index (Phi) is 7.78. The van der Waals surface area contributed by atoms with E-state index in [2.05, 4.69) is 12.2 Å². The van der Waals surface area contributed by atoms with E-state index in [0.717, 1.165) is 29.7 Å². The third-order valence-electron chi connectivity index (χ3n) is 6.11. The lowest BCUT2D eigenvalue weighted by molar-refractivity contribution is -0.129. The number of hydrogen-bond donors (Lipinski definition) is 1. The summed E-state index contributed by atoms with van der Waals surface area (Å²) in [6.45, 7) is 6.14. The van der Waals surface area contributed by atoms with Gasteiger partial charge in [0.1, 0.15) is 0 Å². The van der Waals surface area contributed by atoms with Crippen molar-refractivity contribution in [3.05, 3.63) is 53.6 Å². The molecular weight excluding hydrogens is 404 g/mol. The Hall–Kier alpha value is -3.02. The number of nitrogens with zero attached hydrogens (tertiary/aromatic N) is 1. The first-order valence-electron chi connectivity index (χ1n) is 11.3. The molecule has 0 unspecified atom stereocenters. The van der Waals surface area contributed by atoms with Crippen molar-refractivity contribution < 1.29 is 19.1 Å². The molecule has 2 aromatic rings. The van der Waals surface area contributed by atoms with E-state index in [1.54, 1.807) is 19.1 Å². The molecule has 3 rings (SSSR count). The number of piperidine rings is 1. The summed E-state index contributed by atoms with van der Waals surface area (Å²) in [6.07, 6.45) is 2.75. The molecule has 6 heteroatoms. The molecule has 2 amide bonds. The molecule has 3 atom stereocenters. The molecule has 0 spiro atoms. The molecule has 0 radical (unpaired) electrons. The van der Waals surface area contributed by atoms with Crippen LogP contribution in [-0.4, -0.2) is 32.1 Å². The van der Waals surface area contributed by atoms with Crippen LogP contribution in [-0.2, 0) is 9.59 Å². The van der Waals surface area contributed by atoms with Crippen LogP contribution in [0.5, 0.6) is 11.5 Å². The first-order chi connectivity index (χ1) is 15.4. The van der Waals surface area contributed by atoms with Crippen LogP contribution in [0.2, 0.25) is 0 Å². The van der Waals surface area contributed by atoms with E-state index in [9.17, 15) is 9.59 Å². The van der Waals surface area contributed by atoms with Gasteiger partial charge < -0.3 is 19.7 Å². The third kappa shape index (κ3) is 5.06. The first kappa shape index (κ1) is 23.6. The molecular formula is C26H34N2O4. The van der Waals surface area contributed by atoms with Gasteiger partial charge in [0.25, 0.3) is 0 Å². The summed E-state index contributed by atoms with van der Waals surface area (Å²) < 4.78 is 10.9. The molecule has 6 nitrogen and oxygen atoms in total. The van der Waals surface area contributed by atoms with Gasteiger partial charge in [-0.05, 0) is 56.5 Å². The van der Waals surface area contributed by atoms with E-state index in [4.69, 9.17) is 9.47 Å². The summed E-state index contributed by atoms with van der Waals surface area (Å²) in [5, 5.41) is 3.16. The Bertz CT molecular complexity index is 941. The number of carbonyl (C=O) groups excluding carboxylic acids is 2. The lowest BCUT2D eigenvalue weighted by Crippen LogP contribution is -2.49. The number of nitrogens with one attached hydrogen (secondary N) is 1. The van der Waals surface area contributed by atoms with Crippen molar-refractivity contribution in [1.82, 2.24) is 5.32 Å². The van der Waals surface area contributed by atoms with Crippen LogP contribution in [0.1, 0.15) is 56.7 Å². The number of aryl methyl sites for hydroxylation is 1. The second-order valence-corrected chi connectivity index (χ2v) is 8.50. The Morgan fingerprint density at radius 3 is 2.44 bits per heavy atom. The van der Waals surface area contributed by atoms with Gasteiger partial charge in [0.2, 0.25) is 11.8 Å². The molecule has 0 aromatic heterocycles. The Morgan fingerprint density at radius 1 is 1.12 bits per heavy atom. The van der Waals surface area contributed by atoms with Crippen molar-refractivity contribution >= 4 is 17.5 Å². The number of rotatable bonds is 8. The van der Waals surface area contributed by atoms with Crippen LogP contribution in [0.25, 0.3) is 0 Å². The van der Waals surface area contributed by atoms with Gasteiger partial charge in [-0.15, -0.1) is 0 Å². The summed E-state index contributed by atoms with van der Waals surface area (Å²) in [7, 11) is 3.17. The van der Waals surface area contributed by atoms with E-state index < -0.39 is 6.04 Å². The quantitative estimate of drug-likeness (QED) is 0.643. The van der Waals surface area contributed by atoms with Crippen LogP contribution in [0.3, 0.4) is 0 Å². The lowest BCUT2D eigenvalue weighted by Gasteiger charge is -2.41. The van der Waals surface area contributed by atoms with Gasteiger partial charge in [-0.2, -0.15) is 0 Å². The SMILES string of the molecule is CCC[C@H](C)NC(=O)[C@H]1CCC(=O)N(c2ccc(C)cc2)[C@@H]1c1ccc(OC)c(OC)c1. The topological polar surface area (TPSA) is 67.9 Å². The molecule has 0 bridgehead atoms. The van der Waals surface area contributed by atoms with Crippen molar-refractivity contribution in [1.29, 1.82) is 0 Å². The maximum absolute atomic E-state index is 13.4. The Balaban J connectivity index is 2.07. The summed E-state index contributed by atoms with van der Waals surface area (Å²) in [6, 6.07) is 13.1. The van der Waals surface area contributed by atoms with Crippen LogP contribution in [0, 0.1) is 12.8 Å². The van der Waals surface area contributed by atoms with Crippen molar-refractivity contribution in [2.75, 3.05) is 19.1 Å².